The molecule has 112 valence electrons. The van der Waals surface area contributed by atoms with Crippen molar-refractivity contribution in [1.82, 2.24) is 0 Å². The third-order valence-electron chi connectivity index (χ3n) is 2.81. The maximum Gasteiger partial charge on any atom is 0.340 e. The molecule has 0 aliphatic rings. The van der Waals surface area contributed by atoms with Crippen LogP contribution in [0.3, 0.4) is 0 Å². The van der Waals surface area contributed by atoms with E-state index in [-0.39, 0.29) is 25.7 Å². The van der Waals surface area contributed by atoms with Crippen LogP contribution >= 0.6 is 34.8 Å². The predicted octanol–water partition coefficient (Wildman–Crippen LogP) is 5.03. The van der Waals surface area contributed by atoms with Gasteiger partial charge in [0.25, 0.3) is 0 Å². The van der Waals surface area contributed by atoms with Gasteiger partial charge < -0.3 is 4.18 Å². The van der Waals surface area contributed by atoms with Crippen LogP contribution in [-0.2, 0) is 10.1 Å². The Bertz CT molecular complexity index is 801. The smallest absolute Gasteiger partial charge is 0.340 e. The van der Waals surface area contributed by atoms with E-state index in [4.69, 9.17) is 39.0 Å². The minimum absolute atomic E-state index is 0.0241. The van der Waals surface area contributed by atoms with Crippen molar-refractivity contribution >= 4 is 44.9 Å². The largest absolute Gasteiger partial charge is 0.379 e. The highest BCUT2D eigenvalue weighted by atomic mass is 35.5. The summed E-state index contributed by atoms with van der Waals surface area (Å²) < 4.78 is 29.8. The van der Waals surface area contributed by atoms with E-state index in [0.29, 0.717) is 5.56 Å². The van der Waals surface area contributed by atoms with E-state index in [0.717, 1.165) is 5.56 Å². The standard InChI is InChI=1S/C14H11Cl3O3S/c1-8-3-4-9(2)11(7-8)20-21(18,19)12-6-5-10(15)13(16)14(12)17/h3-7H,1-2H3. The first-order valence-electron chi connectivity index (χ1n) is 5.87. The number of rotatable bonds is 3. The van der Waals surface area contributed by atoms with Crippen LogP contribution in [0, 0.1) is 13.8 Å². The van der Waals surface area contributed by atoms with Gasteiger partial charge in [-0.1, -0.05) is 46.9 Å². The lowest BCUT2D eigenvalue weighted by Gasteiger charge is -2.12. The lowest BCUT2D eigenvalue weighted by Crippen LogP contribution is -2.11. The average molecular weight is 366 g/mol. The molecule has 0 atom stereocenters. The van der Waals surface area contributed by atoms with Gasteiger partial charge >= 0.3 is 10.1 Å². The highest BCUT2D eigenvalue weighted by Gasteiger charge is 2.24. The zero-order chi connectivity index (χ0) is 15.8. The van der Waals surface area contributed by atoms with E-state index >= 15 is 0 Å². The fourth-order valence-electron chi connectivity index (χ4n) is 1.66. The molecule has 0 radical (unpaired) electrons. The molecule has 0 saturated heterocycles. The van der Waals surface area contributed by atoms with Gasteiger partial charge in [-0.05, 0) is 43.2 Å². The Morgan fingerprint density at radius 3 is 2.29 bits per heavy atom. The van der Waals surface area contributed by atoms with E-state index in [2.05, 4.69) is 0 Å². The molecule has 3 nitrogen and oxygen atoms in total. The van der Waals surface area contributed by atoms with Gasteiger partial charge in [0.15, 0.2) is 0 Å². The first-order chi connectivity index (χ1) is 9.72. The molecule has 0 aromatic heterocycles. The van der Waals surface area contributed by atoms with E-state index in [1.54, 1.807) is 19.1 Å². The average Bonchev–Trinajstić information content (AvgIpc) is 2.39. The van der Waals surface area contributed by atoms with Crippen LogP contribution in [0.25, 0.3) is 0 Å². The third-order valence-corrected chi connectivity index (χ3v) is 5.50. The van der Waals surface area contributed by atoms with Crippen LogP contribution < -0.4 is 4.18 Å². The molecule has 2 rings (SSSR count). The van der Waals surface area contributed by atoms with Crippen molar-refractivity contribution in [3.8, 4) is 5.75 Å². The van der Waals surface area contributed by atoms with Crippen molar-refractivity contribution in [2.24, 2.45) is 0 Å². The number of benzene rings is 2. The molecule has 0 aliphatic heterocycles. The molecule has 2 aromatic carbocycles. The number of hydrogen-bond acceptors (Lipinski definition) is 3. The molecule has 0 heterocycles. The Hall–Kier alpha value is -0.940. The SMILES string of the molecule is Cc1ccc(C)c(OS(=O)(=O)c2ccc(Cl)c(Cl)c2Cl)c1. The molecule has 21 heavy (non-hydrogen) atoms. The molecule has 0 aliphatic carbocycles. The van der Waals surface area contributed by atoms with Gasteiger partial charge in [-0.3, -0.25) is 0 Å². The Labute approximate surface area is 138 Å². The second kappa shape index (κ2) is 6.05. The first kappa shape index (κ1) is 16.4. The van der Waals surface area contributed by atoms with Gasteiger partial charge in [-0.2, -0.15) is 8.42 Å². The summed E-state index contributed by atoms with van der Waals surface area (Å²) in [6.07, 6.45) is 0. The molecular weight excluding hydrogens is 355 g/mol. The minimum atomic E-state index is -4.10. The maximum atomic E-state index is 12.3. The molecule has 0 fully saturated rings. The Kier molecular flexibility index (Phi) is 4.73. The summed E-state index contributed by atoms with van der Waals surface area (Å²) in [7, 11) is -4.10. The molecule has 0 saturated carbocycles. The molecule has 2 aromatic rings. The van der Waals surface area contributed by atoms with Crippen LogP contribution in [0.2, 0.25) is 15.1 Å². The van der Waals surface area contributed by atoms with E-state index in [1.165, 1.54) is 12.1 Å². The fraction of sp³-hybridized carbons (Fsp3) is 0.143. The van der Waals surface area contributed by atoms with Gasteiger partial charge in [0.1, 0.15) is 10.6 Å². The number of aryl methyl sites for hydroxylation is 2. The monoisotopic (exact) mass is 364 g/mol. The van der Waals surface area contributed by atoms with E-state index in [9.17, 15) is 8.42 Å². The number of halogens is 3. The molecule has 0 spiro atoms. The van der Waals surface area contributed by atoms with Crippen LogP contribution in [0.15, 0.2) is 35.2 Å². The molecule has 0 bridgehead atoms. The van der Waals surface area contributed by atoms with Gasteiger partial charge in [0, 0.05) is 0 Å². The van der Waals surface area contributed by atoms with Crippen molar-refractivity contribution in [1.29, 1.82) is 0 Å². The van der Waals surface area contributed by atoms with Crippen LogP contribution in [0.5, 0.6) is 5.75 Å². The summed E-state index contributed by atoms with van der Waals surface area (Å²) >= 11 is 17.6. The van der Waals surface area contributed by atoms with Crippen LogP contribution in [0.4, 0.5) is 0 Å². The van der Waals surface area contributed by atoms with Crippen molar-refractivity contribution in [3.63, 3.8) is 0 Å². The molecule has 0 amide bonds. The van der Waals surface area contributed by atoms with E-state index < -0.39 is 10.1 Å². The van der Waals surface area contributed by atoms with Gasteiger partial charge in [-0.15, -0.1) is 0 Å². The van der Waals surface area contributed by atoms with Crippen LogP contribution in [-0.4, -0.2) is 8.42 Å². The zero-order valence-corrected chi connectivity index (χ0v) is 14.2. The summed E-state index contributed by atoms with van der Waals surface area (Å²) in [5.41, 5.74) is 1.58. The Morgan fingerprint density at radius 2 is 1.62 bits per heavy atom. The summed E-state index contributed by atoms with van der Waals surface area (Å²) in [4.78, 5) is -0.223. The first-order valence-corrected chi connectivity index (χ1v) is 8.42. The molecule has 7 heteroatoms. The summed E-state index contributed by atoms with van der Waals surface area (Å²) in [5.74, 6) is 0.247. The normalized spacial score (nSPS) is 11.5. The second-order valence-corrected chi connectivity index (χ2v) is 7.16. The summed E-state index contributed by atoms with van der Waals surface area (Å²) in [6.45, 7) is 3.59. The van der Waals surface area contributed by atoms with Crippen molar-refractivity contribution in [2.75, 3.05) is 0 Å². The molecular formula is C14H11Cl3O3S. The highest BCUT2D eigenvalue weighted by molar-refractivity contribution is 7.87. The topological polar surface area (TPSA) is 43.4 Å². The van der Waals surface area contributed by atoms with Gasteiger partial charge in [0.2, 0.25) is 0 Å². The van der Waals surface area contributed by atoms with Crippen molar-refractivity contribution in [3.05, 3.63) is 56.5 Å². The van der Waals surface area contributed by atoms with Crippen molar-refractivity contribution in [2.45, 2.75) is 18.7 Å². The lowest BCUT2D eigenvalue weighted by atomic mass is 10.1. The third kappa shape index (κ3) is 3.46. The Balaban J connectivity index is 2.49. The summed E-state index contributed by atoms with van der Waals surface area (Å²) in [5, 5.41) is -0.00852. The zero-order valence-electron chi connectivity index (χ0n) is 11.2. The van der Waals surface area contributed by atoms with Crippen LogP contribution in [0.1, 0.15) is 11.1 Å². The molecule has 0 N–H and O–H groups in total. The predicted molar refractivity (Wildman–Crippen MR) is 85.2 cm³/mol. The highest BCUT2D eigenvalue weighted by Crippen LogP contribution is 2.36. The number of hydrogen-bond donors (Lipinski definition) is 0. The maximum absolute atomic E-state index is 12.3. The van der Waals surface area contributed by atoms with Gasteiger partial charge in [0.05, 0.1) is 15.1 Å². The molecule has 0 unspecified atom stereocenters. The fourth-order valence-corrected chi connectivity index (χ4v) is 3.60. The van der Waals surface area contributed by atoms with E-state index in [1.807, 2.05) is 13.0 Å². The quantitative estimate of drug-likeness (QED) is 0.566. The van der Waals surface area contributed by atoms with Crippen molar-refractivity contribution < 1.29 is 12.6 Å². The summed E-state index contributed by atoms with van der Waals surface area (Å²) in [6, 6.07) is 7.89. The minimum Gasteiger partial charge on any atom is -0.379 e. The Morgan fingerprint density at radius 1 is 0.952 bits per heavy atom. The van der Waals surface area contributed by atoms with Gasteiger partial charge in [-0.25, -0.2) is 0 Å². The second-order valence-electron chi connectivity index (χ2n) is 4.48. The lowest BCUT2D eigenvalue weighted by molar-refractivity contribution is 0.484.